The lowest BCUT2D eigenvalue weighted by atomic mass is 10.2. The Morgan fingerprint density at radius 3 is 3.07 bits per heavy atom. The van der Waals surface area contributed by atoms with Gasteiger partial charge in [-0.05, 0) is 24.5 Å². The fourth-order valence-electron chi connectivity index (χ4n) is 1.97. The van der Waals surface area contributed by atoms with E-state index in [1.165, 1.54) is 11.1 Å². The third-order valence-electron chi connectivity index (χ3n) is 2.65. The minimum absolute atomic E-state index is 0.368. The molecule has 0 saturated carbocycles. The van der Waals surface area contributed by atoms with Crippen LogP contribution in [0.2, 0.25) is 0 Å². The molecule has 3 heteroatoms. The molecule has 0 bridgehead atoms. The summed E-state index contributed by atoms with van der Waals surface area (Å²) in [5, 5.41) is 0. The zero-order valence-corrected chi connectivity index (χ0v) is 8.61. The molecule has 3 nitrogen and oxygen atoms in total. The van der Waals surface area contributed by atoms with E-state index in [9.17, 15) is 0 Å². The average molecular weight is 191 g/mol. The van der Waals surface area contributed by atoms with Crippen molar-refractivity contribution >= 4 is 0 Å². The summed E-state index contributed by atoms with van der Waals surface area (Å²) in [5.74, 6) is 0. The van der Waals surface area contributed by atoms with Crippen LogP contribution in [0.4, 0.5) is 0 Å². The fourth-order valence-corrected chi connectivity index (χ4v) is 1.97. The Morgan fingerprint density at radius 1 is 1.57 bits per heavy atom. The van der Waals surface area contributed by atoms with E-state index in [0.717, 1.165) is 26.1 Å². The topological polar surface area (TPSA) is 42.2 Å². The number of nitrogens with two attached hydrogens (primary N) is 1. The molecule has 0 aromatic carbocycles. The highest BCUT2D eigenvalue weighted by molar-refractivity contribution is 5.16. The van der Waals surface area contributed by atoms with Crippen molar-refractivity contribution in [2.24, 2.45) is 5.73 Å². The van der Waals surface area contributed by atoms with Gasteiger partial charge in [0.2, 0.25) is 0 Å². The van der Waals surface area contributed by atoms with Gasteiger partial charge in [0.25, 0.3) is 0 Å². The van der Waals surface area contributed by atoms with Crippen molar-refractivity contribution in [1.82, 2.24) is 9.88 Å². The van der Waals surface area contributed by atoms with Gasteiger partial charge in [-0.1, -0.05) is 6.07 Å². The van der Waals surface area contributed by atoms with Crippen molar-refractivity contribution in [2.45, 2.75) is 25.9 Å². The first-order valence-electron chi connectivity index (χ1n) is 5.12. The third-order valence-corrected chi connectivity index (χ3v) is 2.65. The first kappa shape index (κ1) is 9.62. The van der Waals surface area contributed by atoms with E-state index in [4.69, 9.17) is 5.73 Å². The molecule has 0 spiro atoms. The summed E-state index contributed by atoms with van der Waals surface area (Å²) in [5.41, 5.74) is 8.37. The van der Waals surface area contributed by atoms with E-state index >= 15 is 0 Å². The molecule has 76 valence electrons. The molecule has 1 aliphatic rings. The molecule has 1 fully saturated rings. The van der Waals surface area contributed by atoms with E-state index in [0.29, 0.717) is 6.04 Å². The molecule has 0 radical (unpaired) electrons. The van der Waals surface area contributed by atoms with E-state index in [1.54, 1.807) is 0 Å². The van der Waals surface area contributed by atoms with Crippen LogP contribution in [0.1, 0.15) is 17.5 Å². The zero-order chi connectivity index (χ0) is 9.97. The van der Waals surface area contributed by atoms with E-state index in [2.05, 4.69) is 22.9 Å². The van der Waals surface area contributed by atoms with Crippen LogP contribution in [-0.4, -0.2) is 29.0 Å². The van der Waals surface area contributed by atoms with Crippen molar-refractivity contribution in [3.05, 3.63) is 29.6 Å². The predicted molar refractivity (Wildman–Crippen MR) is 56.8 cm³/mol. The van der Waals surface area contributed by atoms with Crippen molar-refractivity contribution in [3.63, 3.8) is 0 Å². The average Bonchev–Trinajstić information content (AvgIpc) is 2.51. The van der Waals surface area contributed by atoms with Gasteiger partial charge in [-0.15, -0.1) is 0 Å². The van der Waals surface area contributed by atoms with E-state index in [-0.39, 0.29) is 0 Å². The lowest BCUT2D eigenvalue weighted by Crippen LogP contribution is -2.26. The molecule has 1 atom stereocenters. The molecule has 14 heavy (non-hydrogen) atoms. The predicted octanol–water partition coefficient (Wildman–Crippen LogP) is 0.923. The quantitative estimate of drug-likeness (QED) is 0.756. The Morgan fingerprint density at radius 2 is 2.43 bits per heavy atom. The molecule has 0 aliphatic carbocycles. The number of rotatable bonds is 2. The van der Waals surface area contributed by atoms with Crippen molar-refractivity contribution < 1.29 is 0 Å². The summed E-state index contributed by atoms with van der Waals surface area (Å²) in [6.07, 6.45) is 4.95. The molecular formula is C11H17N3. The second-order valence-corrected chi connectivity index (χ2v) is 4.15. The van der Waals surface area contributed by atoms with Crippen molar-refractivity contribution in [3.8, 4) is 0 Å². The summed E-state index contributed by atoms with van der Waals surface area (Å²) >= 11 is 0. The molecule has 1 aromatic heterocycles. The fraction of sp³-hybridized carbons (Fsp3) is 0.545. The molecule has 2 rings (SSSR count). The summed E-state index contributed by atoms with van der Waals surface area (Å²) in [6.45, 7) is 5.21. The molecule has 2 N–H and O–H groups in total. The van der Waals surface area contributed by atoms with Gasteiger partial charge >= 0.3 is 0 Å². The highest BCUT2D eigenvalue weighted by Gasteiger charge is 2.18. The van der Waals surface area contributed by atoms with Crippen LogP contribution < -0.4 is 5.73 Å². The van der Waals surface area contributed by atoms with Crippen LogP contribution in [0, 0.1) is 6.92 Å². The maximum atomic E-state index is 5.85. The van der Waals surface area contributed by atoms with Crippen LogP contribution in [0.25, 0.3) is 0 Å². The maximum absolute atomic E-state index is 5.85. The van der Waals surface area contributed by atoms with Gasteiger partial charge in [0.05, 0.1) is 0 Å². The standard InChI is InChI=1S/C11H17N3/c1-9-4-10(6-13-5-9)7-14-3-2-11(12)8-14/h4-6,11H,2-3,7-8,12H2,1H3. The molecule has 1 aliphatic heterocycles. The first-order valence-corrected chi connectivity index (χ1v) is 5.12. The third kappa shape index (κ3) is 2.30. The zero-order valence-electron chi connectivity index (χ0n) is 8.61. The van der Waals surface area contributed by atoms with Crippen LogP contribution in [0.3, 0.4) is 0 Å². The molecule has 1 aromatic rings. The van der Waals surface area contributed by atoms with E-state index < -0.39 is 0 Å². The molecule has 0 amide bonds. The van der Waals surface area contributed by atoms with E-state index in [1.807, 2.05) is 12.4 Å². The smallest absolute Gasteiger partial charge is 0.0313 e. The number of aromatic nitrogens is 1. The Bertz CT molecular complexity index is 311. The van der Waals surface area contributed by atoms with Gasteiger partial charge in [0.15, 0.2) is 0 Å². The van der Waals surface area contributed by atoms with Gasteiger partial charge in [-0.25, -0.2) is 0 Å². The minimum Gasteiger partial charge on any atom is -0.326 e. The van der Waals surface area contributed by atoms with Crippen LogP contribution in [0.15, 0.2) is 18.5 Å². The summed E-state index contributed by atoms with van der Waals surface area (Å²) < 4.78 is 0. The normalized spacial score (nSPS) is 22.9. The van der Waals surface area contributed by atoms with Gasteiger partial charge in [0, 0.05) is 38.1 Å². The number of aryl methyl sites for hydroxylation is 1. The monoisotopic (exact) mass is 191 g/mol. The first-order chi connectivity index (χ1) is 6.74. The maximum Gasteiger partial charge on any atom is 0.0313 e. The summed E-state index contributed by atoms with van der Waals surface area (Å²) in [6, 6.07) is 2.56. The highest BCUT2D eigenvalue weighted by atomic mass is 15.2. The van der Waals surface area contributed by atoms with Gasteiger partial charge in [0.1, 0.15) is 0 Å². The molecule has 2 heterocycles. The minimum atomic E-state index is 0.368. The number of likely N-dealkylation sites (tertiary alicyclic amines) is 1. The Labute approximate surface area is 84.9 Å². The number of hydrogen-bond acceptors (Lipinski definition) is 3. The number of pyridine rings is 1. The lowest BCUT2D eigenvalue weighted by Gasteiger charge is -2.14. The van der Waals surface area contributed by atoms with Gasteiger partial charge in [-0.3, -0.25) is 9.88 Å². The Hall–Kier alpha value is -0.930. The Balaban J connectivity index is 1.97. The van der Waals surface area contributed by atoms with Crippen LogP contribution >= 0.6 is 0 Å². The number of nitrogens with zero attached hydrogens (tertiary/aromatic N) is 2. The molecule has 1 unspecified atom stereocenters. The lowest BCUT2D eigenvalue weighted by molar-refractivity contribution is 0.326. The van der Waals surface area contributed by atoms with Crippen molar-refractivity contribution in [1.29, 1.82) is 0 Å². The highest BCUT2D eigenvalue weighted by Crippen LogP contribution is 2.12. The SMILES string of the molecule is Cc1cncc(CN2CCC(N)C2)c1. The summed E-state index contributed by atoms with van der Waals surface area (Å²) in [7, 11) is 0. The second kappa shape index (κ2) is 4.07. The largest absolute Gasteiger partial charge is 0.326 e. The summed E-state index contributed by atoms with van der Waals surface area (Å²) in [4.78, 5) is 6.58. The Kier molecular flexibility index (Phi) is 2.79. The van der Waals surface area contributed by atoms with Crippen LogP contribution in [0.5, 0.6) is 0 Å². The van der Waals surface area contributed by atoms with Crippen molar-refractivity contribution in [2.75, 3.05) is 13.1 Å². The molecule has 1 saturated heterocycles. The van der Waals surface area contributed by atoms with Gasteiger partial charge in [-0.2, -0.15) is 0 Å². The van der Waals surface area contributed by atoms with Gasteiger partial charge < -0.3 is 5.73 Å². The van der Waals surface area contributed by atoms with Crippen LogP contribution in [-0.2, 0) is 6.54 Å². The molecular weight excluding hydrogens is 174 g/mol. The second-order valence-electron chi connectivity index (χ2n) is 4.15. The number of hydrogen-bond donors (Lipinski definition) is 1.